The number of nitrogens with zero attached hydrogens (tertiary/aromatic N) is 1. The van der Waals surface area contributed by atoms with Crippen molar-refractivity contribution in [2.24, 2.45) is 17.4 Å². The first-order valence-corrected chi connectivity index (χ1v) is 10.2. The molecule has 8 N–H and O–H groups in total. The molecule has 0 radical (unpaired) electrons. The minimum Gasteiger partial charge on any atom is -0.481 e. The van der Waals surface area contributed by atoms with Gasteiger partial charge in [0.25, 0.3) is 0 Å². The molecule has 13 nitrogen and oxygen atoms in total. The summed E-state index contributed by atoms with van der Waals surface area (Å²) >= 11 is 0. The van der Waals surface area contributed by atoms with E-state index in [1.54, 1.807) is 13.8 Å². The molecule has 1 rings (SSSR count). The number of aliphatic carboxylic acids is 2. The summed E-state index contributed by atoms with van der Waals surface area (Å²) in [7, 11) is 0. The first-order chi connectivity index (χ1) is 14.8. The van der Waals surface area contributed by atoms with Gasteiger partial charge in [-0.15, -0.1) is 0 Å². The van der Waals surface area contributed by atoms with Gasteiger partial charge in [-0.1, -0.05) is 13.8 Å². The number of carbonyl (C=O) groups is 6. The van der Waals surface area contributed by atoms with E-state index in [9.17, 15) is 33.9 Å². The topological polar surface area (TPSA) is 222 Å². The molecule has 4 amide bonds. The van der Waals surface area contributed by atoms with Crippen molar-refractivity contribution >= 4 is 35.6 Å². The molecule has 1 aliphatic rings. The van der Waals surface area contributed by atoms with Gasteiger partial charge >= 0.3 is 11.9 Å². The Kier molecular flexibility index (Phi) is 10.0. The van der Waals surface area contributed by atoms with Crippen LogP contribution in [0.5, 0.6) is 0 Å². The van der Waals surface area contributed by atoms with Gasteiger partial charge in [0.05, 0.1) is 12.5 Å². The first kappa shape index (κ1) is 26.8. The van der Waals surface area contributed by atoms with Crippen LogP contribution in [0.25, 0.3) is 0 Å². The van der Waals surface area contributed by atoms with E-state index in [2.05, 4.69) is 10.6 Å². The van der Waals surface area contributed by atoms with Crippen LogP contribution in [0.4, 0.5) is 0 Å². The zero-order valence-electron chi connectivity index (χ0n) is 18.1. The molecule has 32 heavy (non-hydrogen) atoms. The number of carboxylic acids is 2. The predicted octanol–water partition coefficient (Wildman–Crippen LogP) is -2.24. The third kappa shape index (κ3) is 7.80. The van der Waals surface area contributed by atoms with Crippen molar-refractivity contribution in [1.29, 1.82) is 0 Å². The van der Waals surface area contributed by atoms with E-state index in [1.165, 1.54) is 0 Å². The van der Waals surface area contributed by atoms with E-state index in [0.29, 0.717) is 6.42 Å². The summed E-state index contributed by atoms with van der Waals surface area (Å²) in [4.78, 5) is 72.9. The Balaban J connectivity index is 3.05. The molecule has 4 atom stereocenters. The predicted molar refractivity (Wildman–Crippen MR) is 110 cm³/mol. The van der Waals surface area contributed by atoms with Crippen molar-refractivity contribution in [1.82, 2.24) is 15.5 Å². The third-order valence-electron chi connectivity index (χ3n) is 5.14. The lowest BCUT2D eigenvalue weighted by molar-refractivity contribution is -0.150. The third-order valence-corrected chi connectivity index (χ3v) is 5.14. The van der Waals surface area contributed by atoms with E-state index >= 15 is 0 Å². The summed E-state index contributed by atoms with van der Waals surface area (Å²) in [5.74, 6) is -6.00. The molecule has 0 aromatic heterocycles. The van der Waals surface area contributed by atoms with Crippen molar-refractivity contribution in [2.45, 2.75) is 70.1 Å². The average Bonchev–Trinajstić information content (AvgIpc) is 3.18. The van der Waals surface area contributed by atoms with Gasteiger partial charge in [-0.2, -0.15) is 0 Å². The van der Waals surface area contributed by atoms with Crippen LogP contribution in [0.3, 0.4) is 0 Å². The van der Waals surface area contributed by atoms with Crippen LogP contribution in [0.1, 0.15) is 46.0 Å². The van der Waals surface area contributed by atoms with Gasteiger partial charge in [-0.25, -0.2) is 4.79 Å². The van der Waals surface area contributed by atoms with Crippen LogP contribution < -0.4 is 22.1 Å². The Bertz CT molecular complexity index is 756. The van der Waals surface area contributed by atoms with Crippen molar-refractivity contribution in [3.63, 3.8) is 0 Å². The molecule has 0 aromatic carbocycles. The summed E-state index contributed by atoms with van der Waals surface area (Å²) in [5, 5.41) is 23.0. The number of carboxylic acid groups (broad SMARTS) is 2. The van der Waals surface area contributed by atoms with Crippen molar-refractivity contribution in [2.75, 3.05) is 6.54 Å². The minimum atomic E-state index is -1.45. The van der Waals surface area contributed by atoms with E-state index in [0.717, 1.165) is 4.90 Å². The molecule has 4 unspecified atom stereocenters. The van der Waals surface area contributed by atoms with Crippen molar-refractivity contribution in [3.8, 4) is 0 Å². The quantitative estimate of drug-likeness (QED) is 0.186. The Morgan fingerprint density at radius 1 is 1.03 bits per heavy atom. The van der Waals surface area contributed by atoms with Crippen LogP contribution in [0.15, 0.2) is 0 Å². The minimum absolute atomic E-state index is 0.139. The van der Waals surface area contributed by atoms with Gasteiger partial charge in [-0.05, 0) is 25.2 Å². The standard InChI is InChI=1S/C19H31N5O8/c1-9(2)15(21)17(29)23-11(8-13(20)25)16(28)22-10(5-6-14(26)27)18(30)24-7-3-4-12(24)19(31)32/h9-12,15H,3-8,21H2,1-2H3,(H2,20,25)(H,22,28)(H,23,29)(H,26,27)(H,31,32). The van der Waals surface area contributed by atoms with Gasteiger partial charge in [-0.3, -0.25) is 24.0 Å². The van der Waals surface area contributed by atoms with Crippen LogP contribution in [0.2, 0.25) is 0 Å². The van der Waals surface area contributed by atoms with Crippen LogP contribution in [-0.2, 0) is 28.8 Å². The molecule has 0 saturated carbocycles. The largest absolute Gasteiger partial charge is 0.481 e. The Morgan fingerprint density at radius 3 is 2.12 bits per heavy atom. The van der Waals surface area contributed by atoms with Gasteiger partial charge in [0.2, 0.25) is 23.6 Å². The fourth-order valence-electron chi connectivity index (χ4n) is 3.27. The monoisotopic (exact) mass is 457 g/mol. The normalized spacial score (nSPS) is 18.5. The molecule has 1 heterocycles. The maximum absolute atomic E-state index is 12.9. The molecular formula is C19H31N5O8. The molecular weight excluding hydrogens is 426 g/mol. The number of amides is 4. The molecule has 1 saturated heterocycles. The molecule has 180 valence electrons. The maximum Gasteiger partial charge on any atom is 0.326 e. The number of hydrogen-bond donors (Lipinski definition) is 6. The second kappa shape index (κ2) is 12.0. The highest BCUT2D eigenvalue weighted by Gasteiger charge is 2.38. The molecule has 0 spiro atoms. The summed E-state index contributed by atoms with van der Waals surface area (Å²) in [6.07, 6.45) is -0.702. The highest BCUT2D eigenvalue weighted by Crippen LogP contribution is 2.19. The summed E-state index contributed by atoms with van der Waals surface area (Å²) < 4.78 is 0. The first-order valence-electron chi connectivity index (χ1n) is 10.2. The molecule has 1 fully saturated rings. The second-order valence-electron chi connectivity index (χ2n) is 8.02. The lowest BCUT2D eigenvalue weighted by atomic mass is 10.0. The zero-order chi connectivity index (χ0) is 24.6. The van der Waals surface area contributed by atoms with Crippen molar-refractivity contribution < 1.29 is 39.0 Å². The van der Waals surface area contributed by atoms with E-state index < -0.39 is 72.6 Å². The van der Waals surface area contributed by atoms with Crippen LogP contribution in [-0.4, -0.2) is 81.4 Å². The molecule has 1 aliphatic heterocycles. The Hall–Kier alpha value is -3.22. The molecule has 0 aliphatic carbocycles. The number of likely N-dealkylation sites (tertiary alicyclic amines) is 1. The van der Waals surface area contributed by atoms with Crippen LogP contribution >= 0.6 is 0 Å². The summed E-state index contributed by atoms with van der Waals surface area (Å²) in [6, 6.07) is -4.87. The molecule has 0 aromatic rings. The lowest BCUT2D eigenvalue weighted by Crippen LogP contribution is -2.58. The summed E-state index contributed by atoms with van der Waals surface area (Å²) in [6.45, 7) is 3.51. The second-order valence-corrected chi connectivity index (χ2v) is 8.02. The van der Waals surface area contributed by atoms with Crippen molar-refractivity contribution in [3.05, 3.63) is 0 Å². The van der Waals surface area contributed by atoms with Gasteiger partial charge in [0.15, 0.2) is 0 Å². The van der Waals surface area contributed by atoms with E-state index in [4.69, 9.17) is 16.6 Å². The van der Waals surface area contributed by atoms with Gasteiger partial charge in [0.1, 0.15) is 18.1 Å². The van der Waals surface area contributed by atoms with E-state index in [1.807, 2.05) is 0 Å². The molecule has 0 bridgehead atoms. The number of hydrogen-bond acceptors (Lipinski definition) is 7. The number of nitrogens with one attached hydrogen (secondary N) is 2. The number of rotatable bonds is 12. The maximum atomic E-state index is 12.9. The highest BCUT2D eigenvalue weighted by atomic mass is 16.4. The van der Waals surface area contributed by atoms with E-state index in [-0.39, 0.29) is 25.3 Å². The van der Waals surface area contributed by atoms with Crippen LogP contribution in [0, 0.1) is 5.92 Å². The average molecular weight is 457 g/mol. The highest BCUT2D eigenvalue weighted by molar-refractivity contribution is 5.96. The molecule has 13 heteroatoms. The Labute approximate surface area is 184 Å². The zero-order valence-corrected chi connectivity index (χ0v) is 18.1. The van der Waals surface area contributed by atoms with Gasteiger partial charge in [0, 0.05) is 13.0 Å². The summed E-state index contributed by atoms with van der Waals surface area (Å²) in [5.41, 5.74) is 10.9. The van der Waals surface area contributed by atoms with Gasteiger partial charge < -0.3 is 37.2 Å². The number of nitrogens with two attached hydrogens (primary N) is 2. The lowest BCUT2D eigenvalue weighted by Gasteiger charge is -2.28. The number of primary amides is 1. The fraction of sp³-hybridized carbons (Fsp3) is 0.684. The Morgan fingerprint density at radius 2 is 1.62 bits per heavy atom. The SMILES string of the molecule is CC(C)C(N)C(=O)NC(CC(N)=O)C(=O)NC(CCC(=O)O)C(=O)N1CCCC1C(=O)O. The fourth-order valence-corrected chi connectivity index (χ4v) is 3.27. The number of carbonyl (C=O) groups excluding carboxylic acids is 4. The smallest absolute Gasteiger partial charge is 0.326 e.